The largest absolute Gasteiger partial charge is 0.377 e. The average molecular weight is 235 g/mol. The van der Waals surface area contributed by atoms with E-state index in [-0.39, 0.29) is 11.7 Å². The average Bonchev–Trinajstić information content (AvgIpc) is 2.40. The van der Waals surface area contributed by atoms with E-state index < -0.39 is 0 Å². The summed E-state index contributed by atoms with van der Waals surface area (Å²) in [4.78, 5) is 2.29. The van der Waals surface area contributed by atoms with Crippen LogP contribution in [-0.2, 0) is 15.1 Å². The molecule has 1 saturated heterocycles. The lowest BCUT2D eigenvalue weighted by atomic mass is 9.82. The number of benzene rings is 1. The van der Waals surface area contributed by atoms with Crippen molar-refractivity contribution in [3.05, 3.63) is 35.9 Å². The van der Waals surface area contributed by atoms with Gasteiger partial charge in [0.15, 0.2) is 0 Å². The number of methoxy groups -OCH3 is 2. The lowest BCUT2D eigenvalue weighted by Crippen LogP contribution is -2.54. The molecule has 0 radical (unpaired) electrons. The molecule has 0 unspecified atom stereocenters. The van der Waals surface area contributed by atoms with Gasteiger partial charge in [-0.15, -0.1) is 0 Å². The van der Waals surface area contributed by atoms with Gasteiger partial charge in [0.25, 0.3) is 0 Å². The lowest BCUT2D eigenvalue weighted by Gasteiger charge is -2.45. The molecule has 1 fully saturated rings. The summed E-state index contributed by atoms with van der Waals surface area (Å²) in [5.74, 6) is 0. The summed E-state index contributed by atoms with van der Waals surface area (Å²) < 4.78 is 11.5. The first-order valence-electron chi connectivity index (χ1n) is 6.05. The van der Waals surface area contributed by atoms with Gasteiger partial charge < -0.3 is 14.4 Å². The van der Waals surface area contributed by atoms with Crippen LogP contribution in [0.3, 0.4) is 0 Å². The van der Waals surface area contributed by atoms with Crippen LogP contribution >= 0.6 is 0 Å². The second kappa shape index (κ2) is 5.17. The van der Waals surface area contributed by atoms with Crippen molar-refractivity contribution in [1.29, 1.82) is 0 Å². The van der Waals surface area contributed by atoms with E-state index >= 15 is 0 Å². The summed E-state index contributed by atoms with van der Waals surface area (Å²) >= 11 is 0. The number of hydrogen-bond acceptors (Lipinski definition) is 3. The van der Waals surface area contributed by atoms with Crippen LogP contribution < -0.4 is 0 Å². The van der Waals surface area contributed by atoms with Crippen LogP contribution in [0.15, 0.2) is 30.3 Å². The first kappa shape index (κ1) is 12.6. The van der Waals surface area contributed by atoms with E-state index in [0.717, 1.165) is 19.5 Å². The molecule has 3 heteroatoms. The maximum Gasteiger partial charge on any atom is 0.121 e. The van der Waals surface area contributed by atoms with Crippen molar-refractivity contribution in [2.24, 2.45) is 0 Å². The number of ether oxygens (including phenoxy) is 2. The molecule has 1 aliphatic heterocycles. The summed E-state index contributed by atoms with van der Waals surface area (Å²) in [5.41, 5.74) is 0.908. The third kappa shape index (κ3) is 2.23. The van der Waals surface area contributed by atoms with Gasteiger partial charge in [-0.05, 0) is 19.0 Å². The zero-order valence-electron chi connectivity index (χ0n) is 10.8. The number of hydrogen-bond donors (Lipinski definition) is 0. The van der Waals surface area contributed by atoms with Crippen LogP contribution in [0.5, 0.6) is 0 Å². The van der Waals surface area contributed by atoms with E-state index in [2.05, 4.69) is 36.2 Å². The molecule has 0 bridgehead atoms. The minimum atomic E-state index is -0.303. The Morgan fingerprint density at radius 3 is 2.53 bits per heavy atom. The van der Waals surface area contributed by atoms with Crippen LogP contribution in [0.2, 0.25) is 0 Å². The Kier molecular flexibility index (Phi) is 3.82. The van der Waals surface area contributed by atoms with Gasteiger partial charge in [-0.3, -0.25) is 0 Å². The van der Waals surface area contributed by atoms with Crippen LogP contribution in [0.4, 0.5) is 0 Å². The van der Waals surface area contributed by atoms with Gasteiger partial charge in [-0.1, -0.05) is 30.3 Å². The molecule has 0 amide bonds. The fourth-order valence-corrected chi connectivity index (χ4v) is 2.71. The Hall–Kier alpha value is -0.900. The molecule has 1 aliphatic rings. The molecule has 2 rings (SSSR count). The molecule has 17 heavy (non-hydrogen) atoms. The number of rotatable bonds is 3. The van der Waals surface area contributed by atoms with E-state index in [4.69, 9.17) is 9.47 Å². The maximum atomic E-state index is 5.86. The van der Waals surface area contributed by atoms with Gasteiger partial charge in [0.1, 0.15) is 11.7 Å². The number of nitrogens with zero attached hydrogens (tertiary/aromatic N) is 1. The van der Waals surface area contributed by atoms with Crippen molar-refractivity contribution in [2.75, 3.05) is 34.4 Å². The maximum absolute atomic E-state index is 5.86. The molecular formula is C14H21NO2. The van der Waals surface area contributed by atoms with Gasteiger partial charge in [-0.2, -0.15) is 0 Å². The highest BCUT2D eigenvalue weighted by Crippen LogP contribution is 2.37. The normalized spacial score (nSPS) is 30.4. The minimum absolute atomic E-state index is 0.0775. The topological polar surface area (TPSA) is 21.7 Å². The summed E-state index contributed by atoms with van der Waals surface area (Å²) in [6, 6.07) is 10.4. The molecule has 1 aromatic rings. The molecule has 0 spiro atoms. The highest BCUT2D eigenvalue weighted by atomic mass is 16.5. The third-order valence-corrected chi connectivity index (χ3v) is 3.77. The fraction of sp³-hybridized carbons (Fsp3) is 0.571. The Morgan fingerprint density at radius 2 is 1.94 bits per heavy atom. The quantitative estimate of drug-likeness (QED) is 0.798. The Bertz CT molecular complexity index is 354. The molecule has 1 heterocycles. The van der Waals surface area contributed by atoms with E-state index in [1.807, 2.05) is 6.07 Å². The summed E-state index contributed by atoms with van der Waals surface area (Å²) in [5, 5.41) is 0. The van der Waals surface area contributed by atoms with Crippen LogP contribution in [0.1, 0.15) is 12.0 Å². The van der Waals surface area contributed by atoms with Crippen molar-refractivity contribution >= 4 is 0 Å². The first-order chi connectivity index (χ1) is 8.23. The number of likely N-dealkylation sites (N-methyl/N-ethyl adjacent to an activating group) is 1. The van der Waals surface area contributed by atoms with E-state index in [0.29, 0.717) is 0 Å². The van der Waals surface area contributed by atoms with Crippen LogP contribution in [0.25, 0.3) is 0 Å². The second-order valence-corrected chi connectivity index (χ2v) is 4.70. The molecule has 2 atom stereocenters. The van der Waals surface area contributed by atoms with Gasteiger partial charge in [0, 0.05) is 27.3 Å². The SMILES string of the molecule is CO[C@@H]1CN(C)CC[C@@]1(OC)c1ccccc1. The third-order valence-electron chi connectivity index (χ3n) is 3.77. The van der Waals surface area contributed by atoms with Gasteiger partial charge in [0.2, 0.25) is 0 Å². The highest BCUT2D eigenvalue weighted by Gasteiger charge is 2.44. The van der Waals surface area contributed by atoms with Crippen molar-refractivity contribution < 1.29 is 9.47 Å². The molecule has 94 valence electrons. The second-order valence-electron chi connectivity index (χ2n) is 4.70. The zero-order chi connectivity index (χ0) is 12.3. The minimum Gasteiger partial charge on any atom is -0.377 e. The van der Waals surface area contributed by atoms with Crippen LogP contribution in [-0.4, -0.2) is 45.4 Å². The van der Waals surface area contributed by atoms with Gasteiger partial charge in [-0.25, -0.2) is 0 Å². The Labute approximate surface area is 103 Å². The predicted octanol–water partition coefficient (Wildman–Crippen LogP) is 1.88. The lowest BCUT2D eigenvalue weighted by molar-refractivity contribution is -0.156. The predicted molar refractivity (Wildman–Crippen MR) is 68.0 cm³/mol. The van der Waals surface area contributed by atoms with E-state index in [1.165, 1.54) is 5.56 Å². The Morgan fingerprint density at radius 1 is 1.24 bits per heavy atom. The van der Waals surface area contributed by atoms with Crippen molar-refractivity contribution in [3.63, 3.8) is 0 Å². The summed E-state index contributed by atoms with van der Waals surface area (Å²) in [6.45, 7) is 1.93. The molecule has 3 nitrogen and oxygen atoms in total. The number of piperidine rings is 1. The molecule has 0 N–H and O–H groups in total. The van der Waals surface area contributed by atoms with Gasteiger partial charge in [0.05, 0.1) is 0 Å². The first-order valence-corrected chi connectivity index (χ1v) is 6.05. The summed E-state index contributed by atoms with van der Waals surface area (Å²) in [6.07, 6.45) is 1.04. The standard InChI is InChI=1S/C14H21NO2/c1-15-10-9-14(17-3,13(11-15)16-2)12-7-5-4-6-8-12/h4-8,13H,9-11H2,1-3H3/t13-,14-/m1/s1. The van der Waals surface area contributed by atoms with Crippen LogP contribution in [0, 0.1) is 0 Å². The van der Waals surface area contributed by atoms with Crippen molar-refractivity contribution in [3.8, 4) is 0 Å². The smallest absolute Gasteiger partial charge is 0.121 e. The molecule has 1 aromatic carbocycles. The van der Waals surface area contributed by atoms with Crippen molar-refractivity contribution in [1.82, 2.24) is 4.90 Å². The van der Waals surface area contributed by atoms with E-state index in [9.17, 15) is 0 Å². The monoisotopic (exact) mass is 235 g/mol. The molecule has 0 aromatic heterocycles. The molecular weight excluding hydrogens is 214 g/mol. The highest BCUT2D eigenvalue weighted by molar-refractivity contribution is 5.25. The number of likely N-dealkylation sites (tertiary alicyclic amines) is 1. The van der Waals surface area contributed by atoms with Crippen molar-refractivity contribution in [2.45, 2.75) is 18.1 Å². The fourth-order valence-electron chi connectivity index (χ4n) is 2.71. The summed E-state index contributed by atoms with van der Waals surface area (Å²) in [7, 11) is 5.67. The Balaban J connectivity index is 2.35. The van der Waals surface area contributed by atoms with Gasteiger partial charge >= 0.3 is 0 Å². The molecule has 0 saturated carbocycles. The molecule has 0 aliphatic carbocycles. The van der Waals surface area contributed by atoms with E-state index in [1.54, 1.807) is 14.2 Å². The zero-order valence-corrected chi connectivity index (χ0v) is 10.8.